The molecule has 0 aromatic carbocycles. The van der Waals surface area contributed by atoms with Crippen molar-refractivity contribution in [2.75, 3.05) is 0 Å². The molecule has 12 heavy (non-hydrogen) atoms. The minimum absolute atomic E-state index is 0.282. The van der Waals surface area contributed by atoms with Gasteiger partial charge in [-0.3, -0.25) is 0 Å². The van der Waals surface area contributed by atoms with Crippen LogP contribution in [0.25, 0.3) is 10.2 Å². The molecule has 2 aromatic heterocycles. The molecule has 0 saturated carbocycles. The van der Waals surface area contributed by atoms with Gasteiger partial charge < -0.3 is 4.98 Å². The van der Waals surface area contributed by atoms with Gasteiger partial charge in [0.15, 0.2) is 0 Å². The van der Waals surface area contributed by atoms with E-state index in [0.717, 1.165) is 0 Å². The average molecular weight is 179 g/mol. The van der Waals surface area contributed by atoms with Gasteiger partial charge in [-0.15, -0.1) is 11.3 Å². The Balaban J connectivity index is 2.59. The quantitative estimate of drug-likeness (QED) is 0.637. The summed E-state index contributed by atoms with van der Waals surface area (Å²) in [6, 6.07) is 4.40. The smallest absolute Gasteiger partial charge is 0.0999 e. The molecule has 0 amide bonds. The molecule has 0 spiro atoms. The number of aromatic amines is 1. The van der Waals surface area contributed by atoms with E-state index in [1.165, 1.54) is 15.1 Å². The van der Waals surface area contributed by atoms with Crippen LogP contribution in [0, 0.1) is 0 Å². The van der Waals surface area contributed by atoms with E-state index in [-0.39, 0.29) is 5.41 Å². The van der Waals surface area contributed by atoms with E-state index in [2.05, 4.69) is 37.9 Å². The van der Waals surface area contributed by atoms with Crippen LogP contribution in [-0.4, -0.2) is 4.98 Å². The molecule has 0 atom stereocenters. The lowest BCUT2D eigenvalue weighted by molar-refractivity contribution is 0.604. The van der Waals surface area contributed by atoms with E-state index in [9.17, 15) is 0 Å². The Morgan fingerprint density at radius 2 is 2.08 bits per heavy atom. The normalized spacial score (nSPS) is 12.6. The number of hydrogen-bond donors (Lipinski definition) is 1. The molecular weight excluding hydrogens is 166 g/mol. The van der Waals surface area contributed by atoms with Crippen LogP contribution in [0.2, 0.25) is 0 Å². The first-order valence-corrected chi connectivity index (χ1v) is 4.96. The zero-order chi connectivity index (χ0) is 8.77. The lowest BCUT2D eigenvalue weighted by atomic mass is 9.94. The fourth-order valence-corrected chi connectivity index (χ4v) is 2.30. The second-order valence-corrected chi connectivity index (χ2v) is 5.17. The molecule has 0 aliphatic carbocycles. The average Bonchev–Trinajstić information content (AvgIpc) is 2.37. The lowest BCUT2D eigenvalue weighted by Gasteiger charge is -2.14. The summed E-state index contributed by atoms with van der Waals surface area (Å²) in [5, 5.41) is 1.34. The highest BCUT2D eigenvalue weighted by atomic mass is 32.1. The number of aromatic nitrogens is 1. The van der Waals surface area contributed by atoms with E-state index in [1.54, 1.807) is 0 Å². The van der Waals surface area contributed by atoms with Crippen molar-refractivity contribution >= 4 is 21.6 Å². The maximum absolute atomic E-state index is 3.23. The number of rotatable bonds is 0. The molecule has 1 N–H and O–H groups in total. The summed E-state index contributed by atoms with van der Waals surface area (Å²) in [6.07, 6.45) is 1.99. The van der Waals surface area contributed by atoms with E-state index in [1.807, 2.05) is 17.5 Å². The van der Waals surface area contributed by atoms with Gasteiger partial charge in [0, 0.05) is 16.5 Å². The van der Waals surface area contributed by atoms with Gasteiger partial charge in [0.2, 0.25) is 0 Å². The maximum atomic E-state index is 3.23. The van der Waals surface area contributed by atoms with E-state index < -0.39 is 0 Å². The van der Waals surface area contributed by atoms with Gasteiger partial charge in [-0.1, -0.05) is 20.8 Å². The molecule has 0 aliphatic heterocycles. The van der Waals surface area contributed by atoms with Crippen molar-refractivity contribution in [1.29, 1.82) is 0 Å². The molecule has 0 unspecified atom stereocenters. The van der Waals surface area contributed by atoms with Crippen LogP contribution in [0.1, 0.15) is 25.6 Å². The van der Waals surface area contributed by atoms with Crippen LogP contribution in [-0.2, 0) is 5.41 Å². The van der Waals surface area contributed by atoms with Crippen LogP contribution in [0.5, 0.6) is 0 Å². The van der Waals surface area contributed by atoms with Crippen molar-refractivity contribution in [3.63, 3.8) is 0 Å². The molecule has 2 heteroatoms. The fourth-order valence-electron chi connectivity index (χ4n) is 1.22. The number of nitrogens with one attached hydrogen (secondary N) is 1. The Hall–Kier alpha value is -0.760. The van der Waals surface area contributed by atoms with Crippen molar-refractivity contribution in [1.82, 2.24) is 4.98 Å². The standard InChI is InChI=1S/C10H13NS/c1-10(2,3)8-6-7-4-5-11-9(7)12-8/h4-6,11H,1-3H3. The van der Waals surface area contributed by atoms with Crippen molar-refractivity contribution in [2.45, 2.75) is 26.2 Å². The second kappa shape index (κ2) is 2.36. The van der Waals surface area contributed by atoms with Crippen LogP contribution >= 0.6 is 11.3 Å². The van der Waals surface area contributed by atoms with E-state index >= 15 is 0 Å². The van der Waals surface area contributed by atoms with Crippen LogP contribution < -0.4 is 0 Å². The first-order chi connectivity index (χ1) is 5.57. The molecular formula is C10H13NS. The van der Waals surface area contributed by atoms with E-state index in [4.69, 9.17) is 0 Å². The predicted molar refractivity (Wildman–Crippen MR) is 54.9 cm³/mol. The van der Waals surface area contributed by atoms with E-state index in [0.29, 0.717) is 0 Å². The third-order valence-electron chi connectivity index (χ3n) is 1.98. The molecule has 1 nitrogen and oxygen atoms in total. The van der Waals surface area contributed by atoms with Gasteiger partial charge in [0.1, 0.15) is 0 Å². The Kier molecular flexibility index (Phi) is 1.55. The predicted octanol–water partition coefficient (Wildman–Crippen LogP) is 3.53. The topological polar surface area (TPSA) is 15.8 Å². The lowest BCUT2D eigenvalue weighted by Crippen LogP contribution is -2.07. The summed E-state index contributed by atoms with van der Waals surface area (Å²) in [5.41, 5.74) is 0.282. The number of fused-ring (bicyclic) bond motifs is 1. The summed E-state index contributed by atoms with van der Waals surface area (Å²) in [6.45, 7) is 6.74. The molecule has 2 heterocycles. The van der Waals surface area contributed by atoms with Crippen molar-refractivity contribution in [3.8, 4) is 0 Å². The third kappa shape index (κ3) is 1.16. The highest BCUT2D eigenvalue weighted by Gasteiger charge is 2.16. The van der Waals surface area contributed by atoms with Crippen LogP contribution in [0.15, 0.2) is 18.3 Å². The molecule has 0 fully saturated rings. The van der Waals surface area contributed by atoms with Crippen LogP contribution in [0.4, 0.5) is 0 Å². The zero-order valence-electron chi connectivity index (χ0n) is 7.64. The van der Waals surface area contributed by atoms with Crippen molar-refractivity contribution in [2.24, 2.45) is 0 Å². The number of H-pyrrole nitrogens is 1. The number of hydrogen-bond acceptors (Lipinski definition) is 1. The molecule has 0 saturated heterocycles. The number of thiophene rings is 1. The molecule has 0 bridgehead atoms. The summed E-state index contributed by atoms with van der Waals surface area (Å²) in [4.78, 5) is 5.97. The third-order valence-corrected chi connectivity index (χ3v) is 3.49. The maximum Gasteiger partial charge on any atom is 0.0999 e. The Labute approximate surface area is 76.4 Å². The molecule has 2 rings (SSSR count). The van der Waals surface area contributed by atoms with Crippen LogP contribution in [0.3, 0.4) is 0 Å². The first-order valence-electron chi connectivity index (χ1n) is 4.15. The molecule has 2 aromatic rings. The molecule has 0 aliphatic rings. The first kappa shape index (κ1) is 7.87. The minimum atomic E-state index is 0.282. The van der Waals surface area contributed by atoms with Gasteiger partial charge in [0.05, 0.1) is 4.83 Å². The fraction of sp³-hybridized carbons (Fsp3) is 0.400. The summed E-state index contributed by atoms with van der Waals surface area (Å²) in [7, 11) is 0. The van der Waals surface area contributed by atoms with Gasteiger partial charge in [-0.2, -0.15) is 0 Å². The summed E-state index contributed by atoms with van der Waals surface area (Å²) < 4.78 is 0. The highest BCUT2D eigenvalue weighted by molar-refractivity contribution is 7.18. The van der Waals surface area contributed by atoms with Gasteiger partial charge in [-0.05, 0) is 17.5 Å². The SMILES string of the molecule is CC(C)(C)c1cc2cc[nH]c2s1. The van der Waals surface area contributed by atoms with Crippen molar-refractivity contribution < 1.29 is 0 Å². The zero-order valence-corrected chi connectivity index (χ0v) is 8.46. The highest BCUT2D eigenvalue weighted by Crippen LogP contribution is 2.33. The Morgan fingerprint density at radius 3 is 2.67 bits per heavy atom. The Morgan fingerprint density at radius 1 is 1.33 bits per heavy atom. The largest absolute Gasteiger partial charge is 0.353 e. The Bertz CT molecular complexity index is 361. The summed E-state index contributed by atoms with van der Waals surface area (Å²) >= 11 is 1.86. The second-order valence-electron chi connectivity index (χ2n) is 4.12. The molecule has 64 valence electrons. The van der Waals surface area contributed by atoms with Gasteiger partial charge >= 0.3 is 0 Å². The monoisotopic (exact) mass is 179 g/mol. The van der Waals surface area contributed by atoms with Crippen molar-refractivity contribution in [3.05, 3.63) is 23.2 Å². The van der Waals surface area contributed by atoms with Gasteiger partial charge in [-0.25, -0.2) is 0 Å². The van der Waals surface area contributed by atoms with Gasteiger partial charge in [0.25, 0.3) is 0 Å². The molecule has 0 radical (unpaired) electrons. The minimum Gasteiger partial charge on any atom is -0.353 e. The summed E-state index contributed by atoms with van der Waals surface area (Å²) in [5.74, 6) is 0.